The van der Waals surface area contributed by atoms with E-state index in [0.717, 1.165) is 0 Å². The van der Waals surface area contributed by atoms with Crippen molar-refractivity contribution in [2.45, 2.75) is 18.9 Å². The standard InChI is InChI=1S/C18H23N5O3/c1-22(16(24)7-8-19)12-17(25)23-11-13(9-15(23)10-20)18(26)21-14-5-3-2-4-6-14/h2-6,13,15H,7-9,11-12,19H2,1H3,(H,21,26). The van der Waals surface area contributed by atoms with E-state index in [-0.39, 0.29) is 50.2 Å². The minimum absolute atomic E-state index is 0.135. The van der Waals surface area contributed by atoms with Crippen LogP contribution in [-0.4, -0.2) is 60.2 Å². The van der Waals surface area contributed by atoms with Crippen molar-refractivity contribution in [1.29, 1.82) is 5.26 Å². The number of likely N-dealkylation sites (tertiary alicyclic amines) is 1. The van der Waals surface area contributed by atoms with E-state index in [2.05, 4.69) is 11.4 Å². The zero-order chi connectivity index (χ0) is 19.1. The largest absolute Gasteiger partial charge is 0.336 e. The Hall–Kier alpha value is -2.92. The van der Waals surface area contributed by atoms with Crippen LogP contribution < -0.4 is 11.1 Å². The molecule has 0 spiro atoms. The molecule has 1 aliphatic heterocycles. The highest BCUT2D eigenvalue weighted by Crippen LogP contribution is 2.24. The first-order chi connectivity index (χ1) is 12.5. The summed E-state index contributed by atoms with van der Waals surface area (Å²) in [6.07, 6.45) is 0.439. The van der Waals surface area contributed by atoms with Crippen LogP contribution >= 0.6 is 0 Å². The fraction of sp³-hybridized carbons (Fsp3) is 0.444. The minimum Gasteiger partial charge on any atom is -0.336 e. The van der Waals surface area contributed by atoms with Crippen LogP contribution in [0, 0.1) is 17.2 Å². The van der Waals surface area contributed by atoms with Gasteiger partial charge in [-0.2, -0.15) is 5.26 Å². The first kappa shape index (κ1) is 19.4. The van der Waals surface area contributed by atoms with Crippen molar-refractivity contribution in [3.8, 4) is 6.07 Å². The molecule has 138 valence electrons. The smallest absolute Gasteiger partial charge is 0.243 e. The molecule has 3 amide bonds. The summed E-state index contributed by atoms with van der Waals surface area (Å²) < 4.78 is 0. The summed E-state index contributed by atoms with van der Waals surface area (Å²) in [6.45, 7) is 0.238. The maximum atomic E-state index is 12.5. The maximum absolute atomic E-state index is 12.5. The average Bonchev–Trinajstić information content (AvgIpc) is 3.07. The molecular formula is C18H23N5O3. The third kappa shape index (κ3) is 4.80. The number of benzene rings is 1. The van der Waals surface area contributed by atoms with Crippen LogP contribution in [0.15, 0.2) is 30.3 Å². The zero-order valence-electron chi connectivity index (χ0n) is 14.7. The molecule has 0 radical (unpaired) electrons. The van der Waals surface area contributed by atoms with Gasteiger partial charge in [-0.05, 0) is 18.6 Å². The van der Waals surface area contributed by atoms with Gasteiger partial charge in [0.1, 0.15) is 6.04 Å². The number of nitrogens with two attached hydrogens (primary N) is 1. The van der Waals surface area contributed by atoms with Gasteiger partial charge in [-0.15, -0.1) is 0 Å². The molecule has 0 bridgehead atoms. The number of carbonyl (C=O) groups excluding carboxylic acids is 3. The van der Waals surface area contributed by atoms with Gasteiger partial charge >= 0.3 is 0 Å². The molecule has 1 saturated heterocycles. The Morgan fingerprint density at radius 1 is 1.35 bits per heavy atom. The Labute approximate surface area is 152 Å². The number of nitriles is 1. The number of likely N-dealkylation sites (N-methyl/N-ethyl adjacent to an activating group) is 1. The molecule has 2 rings (SSSR count). The SMILES string of the molecule is CN(CC(=O)N1CC(C(=O)Nc2ccccc2)CC1C#N)C(=O)CCN. The third-order valence-electron chi connectivity index (χ3n) is 4.34. The lowest BCUT2D eigenvalue weighted by Gasteiger charge is -2.23. The molecular weight excluding hydrogens is 334 g/mol. The van der Waals surface area contributed by atoms with Gasteiger partial charge in [-0.1, -0.05) is 18.2 Å². The predicted molar refractivity (Wildman–Crippen MR) is 95.6 cm³/mol. The van der Waals surface area contributed by atoms with Crippen molar-refractivity contribution < 1.29 is 14.4 Å². The fourth-order valence-corrected chi connectivity index (χ4v) is 2.89. The quantitative estimate of drug-likeness (QED) is 0.752. The van der Waals surface area contributed by atoms with Crippen LogP contribution in [0.5, 0.6) is 0 Å². The van der Waals surface area contributed by atoms with Gasteiger partial charge < -0.3 is 20.9 Å². The second-order valence-corrected chi connectivity index (χ2v) is 6.27. The Morgan fingerprint density at radius 2 is 2.04 bits per heavy atom. The summed E-state index contributed by atoms with van der Waals surface area (Å²) in [5.41, 5.74) is 6.02. The lowest BCUT2D eigenvalue weighted by molar-refractivity contribution is -0.139. The Bertz CT molecular complexity index is 701. The molecule has 0 aliphatic carbocycles. The summed E-state index contributed by atoms with van der Waals surface area (Å²) in [6, 6.07) is 10.4. The molecule has 8 nitrogen and oxygen atoms in total. The monoisotopic (exact) mass is 357 g/mol. The van der Waals surface area contributed by atoms with Gasteiger partial charge in [0.2, 0.25) is 17.7 Å². The third-order valence-corrected chi connectivity index (χ3v) is 4.34. The number of nitrogens with zero attached hydrogens (tertiary/aromatic N) is 3. The van der Waals surface area contributed by atoms with Crippen molar-refractivity contribution in [2.24, 2.45) is 11.7 Å². The van der Waals surface area contributed by atoms with Crippen molar-refractivity contribution in [2.75, 3.05) is 32.0 Å². The summed E-state index contributed by atoms with van der Waals surface area (Å²) >= 11 is 0. The van der Waals surface area contributed by atoms with Gasteiger partial charge in [-0.25, -0.2) is 0 Å². The molecule has 1 fully saturated rings. The normalized spacial score (nSPS) is 18.9. The molecule has 1 aromatic carbocycles. The number of hydrogen-bond acceptors (Lipinski definition) is 5. The molecule has 1 heterocycles. The van der Waals surface area contributed by atoms with Crippen LogP contribution in [0.1, 0.15) is 12.8 Å². The highest BCUT2D eigenvalue weighted by molar-refractivity contribution is 5.94. The molecule has 2 atom stereocenters. The topological polar surface area (TPSA) is 120 Å². The van der Waals surface area contributed by atoms with Crippen molar-refractivity contribution in [3.05, 3.63) is 30.3 Å². The van der Waals surface area contributed by atoms with E-state index in [1.807, 2.05) is 18.2 Å². The molecule has 1 aromatic rings. The van der Waals surface area contributed by atoms with Crippen LogP contribution in [0.4, 0.5) is 5.69 Å². The number of rotatable bonds is 6. The summed E-state index contributed by atoms with van der Waals surface area (Å²) in [5, 5.41) is 12.1. The lowest BCUT2D eigenvalue weighted by atomic mass is 10.1. The molecule has 8 heteroatoms. The lowest BCUT2D eigenvalue weighted by Crippen LogP contribution is -2.43. The second-order valence-electron chi connectivity index (χ2n) is 6.27. The van der Waals surface area contributed by atoms with Gasteiger partial charge in [0.15, 0.2) is 0 Å². The Balaban J connectivity index is 1.97. The number of hydrogen-bond donors (Lipinski definition) is 2. The molecule has 2 unspecified atom stereocenters. The first-order valence-electron chi connectivity index (χ1n) is 8.45. The number of nitrogens with one attached hydrogen (secondary N) is 1. The Morgan fingerprint density at radius 3 is 2.65 bits per heavy atom. The number of para-hydroxylation sites is 1. The number of anilines is 1. The molecule has 3 N–H and O–H groups in total. The maximum Gasteiger partial charge on any atom is 0.243 e. The summed E-state index contributed by atoms with van der Waals surface area (Å²) in [5.74, 6) is -1.26. The first-order valence-corrected chi connectivity index (χ1v) is 8.45. The van der Waals surface area contributed by atoms with Crippen LogP contribution in [-0.2, 0) is 14.4 Å². The summed E-state index contributed by atoms with van der Waals surface area (Å²) in [4.78, 5) is 39.3. The van der Waals surface area contributed by atoms with E-state index >= 15 is 0 Å². The van der Waals surface area contributed by atoms with Gasteiger partial charge in [-0.3, -0.25) is 14.4 Å². The molecule has 26 heavy (non-hydrogen) atoms. The molecule has 1 aliphatic rings. The van der Waals surface area contributed by atoms with E-state index < -0.39 is 12.0 Å². The molecule has 0 saturated carbocycles. The van der Waals surface area contributed by atoms with Gasteiger partial charge in [0.25, 0.3) is 0 Å². The highest BCUT2D eigenvalue weighted by Gasteiger charge is 2.39. The average molecular weight is 357 g/mol. The Kier molecular flexibility index (Phi) is 6.69. The van der Waals surface area contributed by atoms with E-state index in [4.69, 9.17) is 5.73 Å². The van der Waals surface area contributed by atoms with Crippen LogP contribution in [0.2, 0.25) is 0 Å². The minimum atomic E-state index is -0.674. The van der Waals surface area contributed by atoms with Crippen LogP contribution in [0.25, 0.3) is 0 Å². The summed E-state index contributed by atoms with van der Waals surface area (Å²) in [7, 11) is 1.52. The van der Waals surface area contributed by atoms with Crippen molar-refractivity contribution >= 4 is 23.4 Å². The van der Waals surface area contributed by atoms with E-state index in [1.165, 1.54) is 16.8 Å². The van der Waals surface area contributed by atoms with Crippen LogP contribution in [0.3, 0.4) is 0 Å². The van der Waals surface area contributed by atoms with E-state index in [9.17, 15) is 19.6 Å². The molecule has 0 aromatic heterocycles. The van der Waals surface area contributed by atoms with Crippen molar-refractivity contribution in [3.63, 3.8) is 0 Å². The van der Waals surface area contributed by atoms with Gasteiger partial charge in [0.05, 0.1) is 18.5 Å². The second kappa shape index (κ2) is 8.97. The fourth-order valence-electron chi connectivity index (χ4n) is 2.89. The zero-order valence-corrected chi connectivity index (χ0v) is 14.7. The number of amides is 3. The van der Waals surface area contributed by atoms with Gasteiger partial charge in [0, 0.05) is 32.2 Å². The van der Waals surface area contributed by atoms with Crippen molar-refractivity contribution in [1.82, 2.24) is 9.80 Å². The predicted octanol–water partition coefficient (Wildman–Crippen LogP) is 0.173. The van der Waals surface area contributed by atoms with E-state index in [1.54, 1.807) is 12.1 Å². The highest BCUT2D eigenvalue weighted by atomic mass is 16.2. The van der Waals surface area contributed by atoms with E-state index in [0.29, 0.717) is 5.69 Å². The number of carbonyl (C=O) groups is 3.